The third kappa shape index (κ3) is 5.28. The second-order valence-electron chi connectivity index (χ2n) is 6.32. The molecule has 1 rings (SSSR count). The normalized spacial score (nSPS) is 15.1. The highest BCUT2D eigenvalue weighted by atomic mass is 32.2. The summed E-state index contributed by atoms with van der Waals surface area (Å²) in [5.41, 5.74) is 0.870. The Morgan fingerprint density at radius 2 is 1.73 bits per heavy atom. The zero-order chi connectivity index (χ0) is 19.9. The quantitative estimate of drug-likeness (QED) is 0.562. The maximum Gasteiger partial charge on any atom is 0.326 e. The van der Waals surface area contributed by atoms with E-state index in [1.807, 2.05) is 13.8 Å². The maximum absolute atomic E-state index is 13.1. The Bertz CT molecular complexity index is 714. The number of rotatable bonds is 10. The molecule has 1 aromatic carbocycles. The van der Waals surface area contributed by atoms with Gasteiger partial charge in [0.1, 0.15) is 11.3 Å². The summed E-state index contributed by atoms with van der Waals surface area (Å²) in [6.07, 6.45) is 1.02. The summed E-state index contributed by atoms with van der Waals surface area (Å²) >= 11 is 0. The van der Waals surface area contributed by atoms with Gasteiger partial charge in [-0.3, -0.25) is 4.79 Å². The van der Waals surface area contributed by atoms with Gasteiger partial charge in [0.25, 0.3) is 0 Å². The van der Waals surface area contributed by atoms with Crippen LogP contribution in [0.3, 0.4) is 0 Å². The van der Waals surface area contributed by atoms with Gasteiger partial charge in [0, 0.05) is 12.5 Å². The lowest BCUT2D eigenvalue weighted by Gasteiger charge is -2.26. The number of nitrogens with one attached hydrogen (secondary N) is 1. The number of carboxylic acids is 1. The molecule has 0 aliphatic heterocycles. The largest absolute Gasteiger partial charge is 0.480 e. The van der Waals surface area contributed by atoms with Crippen LogP contribution in [0.25, 0.3) is 0 Å². The zero-order valence-corrected chi connectivity index (χ0v) is 16.1. The van der Waals surface area contributed by atoms with Gasteiger partial charge in [0.05, 0.1) is 4.90 Å². The van der Waals surface area contributed by atoms with Gasteiger partial charge in [0.15, 0.2) is 9.84 Å². The topological polar surface area (TPSA) is 121 Å². The predicted octanol–water partition coefficient (Wildman–Crippen LogP) is 1.53. The maximum atomic E-state index is 13.1. The number of aliphatic hydroxyl groups is 1. The molecule has 1 amide bonds. The van der Waals surface area contributed by atoms with Crippen molar-refractivity contribution in [2.45, 2.75) is 56.2 Å². The van der Waals surface area contributed by atoms with Gasteiger partial charge in [-0.25, -0.2) is 13.2 Å². The fourth-order valence-corrected chi connectivity index (χ4v) is 4.67. The number of aryl methyl sites for hydroxylation is 1. The first-order valence-electron chi connectivity index (χ1n) is 8.63. The van der Waals surface area contributed by atoms with Crippen LogP contribution in [-0.4, -0.2) is 48.4 Å². The molecule has 0 fully saturated rings. The summed E-state index contributed by atoms with van der Waals surface area (Å²) in [6.45, 7) is 4.73. The highest BCUT2D eigenvalue weighted by Crippen LogP contribution is 2.25. The molecule has 26 heavy (non-hydrogen) atoms. The molecule has 3 N–H and O–H groups in total. The van der Waals surface area contributed by atoms with Crippen LogP contribution in [0.15, 0.2) is 29.2 Å². The third-order valence-corrected chi connectivity index (χ3v) is 6.48. The first-order chi connectivity index (χ1) is 12.2. The molecule has 0 saturated heterocycles. The van der Waals surface area contributed by atoms with Gasteiger partial charge in [-0.15, -0.1) is 0 Å². The van der Waals surface area contributed by atoms with E-state index in [0.717, 1.165) is 5.56 Å². The summed E-state index contributed by atoms with van der Waals surface area (Å²) in [4.78, 5) is 23.9. The molecule has 0 radical (unpaired) electrons. The number of aliphatic carboxylic acids is 1. The third-order valence-electron chi connectivity index (χ3n) is 4.29. The van der Waals surface area contributed by atoms with Crippen molar-refractivity contribution >= 4 is 21.7 Å². The molecule has 2 unspecified atom stereocenters. The van der Waals surface area contributed by atoms with Crippen LogP contribution in [0.4, 0.5) is 0 Å². The molecule has 0 aromatic heterocycles. The molecule has 1 aromatic rings. The first-order valence-corrected chi connectivity index (χ1v) is 10.2. The SMILES string of the molecule is CCC[C@@H](CO)C(C(=O)NC(CC)C(=O)O)S(=O)(=O)c1ccc(C)cc1. The van der Waals surface area contributed by atoms with Crippen molar-refractivity contribution in [3.8, 4) is 0 Å². The minimum absolute atomic E-state index is 0.0267. The Kier molecular flexibility index (Phi) is 8.23. The van der Waals surface area contributed by atoms with Crippen LogP contribution in [0, 0.1) is 12.8 Å². The van der Waals surface area contributed by atoms with Crippen molar-refractivity contribution < 1.29 is 28.2 Å². The van der Waals surface area contributed by atoms with E-state index in [4.69, 9.17) is 5.11 Å². The molecule has 8 heteroatoms. The molecule has 146 valence electrons. The minimum atomic E-state index is -4.10. The summed E-state index contributed by atoms with van der Waals surface area (Å²) in [7, 11) is -4.10. The van der Waals surface area contributed by atoms with Crippen LogP contribution in [0.5, 0.6) is 0 Å². The molecule has 0 aliphatic carbocycles. The molecule has 3 atom stereocenters. The molecule has 0 aliphatic rings. The number of hydrogen-bond acceptors (Lipinski definition) is 5. The van der Waals surface area contributed by atoms with E-state index in [9.17, 15) is 23.1 Å². The molecular weight excluding hydrogens is 358 g/mol. The average molecular weight is 385 g/mol. The number of hydrogen-bond donors (Lipinski definition) is 3. The Morgan fingerprint density at radius 3 is 2.15 bits per heavy atom. The molecular formula is C18H27NO6S. The monoisotopic (exact) mass is 385 g/mol. The summed E-state index contributed by atoms with van der Waals surface area (Å²) in [5, 5.41) is 19.6. The van der Waals surface area contributed by atoms with E-state index in [1.165, 1.54) is 12.1 Å². The highest BCUT2D eigenvalue weighted by Gasteiger charge is 2.41. The van der Waals surface area contributed by atoms with Crippen molar-refractivity contribution in [2.24, 2.45) is 5.92 Å². The number of amides is 1. The number of carboxylic acid groups (broad SMARTS) is 1. The second kappa shape index (κ2) is 9.68. The Balaban J connectivity index is 3.33. The van der Waals surface area contributed by atoms with Crippen molar-refractivity contribution in [1.29, 1.82) is 0 Å². The van der Waals surface area contributed by atoms with Crippen LogP contribution in [0.1, 0.15) is 38.7 Å². The van der Waals surface area contributed by atoms with Crippen molar-refractivity contribution in [3.63, 3.8) is 0 Å². The molecule has 0 bridgehead atoms. The van der Waals surface area contributed by atoms with Gasteiger partial charge in [-0.2, -0.15) is 0 Å². The van der Waals surface area contributed by atoms with Crippen molar-refractivity contribution in [2.75, 3.05) is 6.61 Å². The van der Waals surface area contributed by atoms with Gasteiger partial charge < -0.3 is 15.5 Å². The standard InChI is InChI=1S/C18H27NO6S/c1-4-6-13(11-20)16(17(21)19-15(5-2)18(22)23)26(24,25)14-9-7-12(3)8-10-14/h7-10,13,15-16,20H,4-6,11H2,1-3H3,(H,19,21)(H,22,23)/t13-,15?,16?/m0/s1. The van der Waals surface area contributed by atoms with Crippen molar-refractivity contribution in [1.82, 2.24) is 5.32 Å². The Hall–Kier alpha value is -1.93. The predicted molar refractivity (Wildman–Crippen MR) is 97.5 cm³/mol. The first kappa shape index (κ1) is 22.1. The number of benzene rings is 1. The highest BCUT2D eigenvalue weighted by molar-refractivity contribution is 7.92. The fourth-order valence-electron chi connectivity index (χ4n) is 2.78. The summed E-state index contributed by atoms with van der Waals surface area (Å²) in [5.74, 6) is -2.95. The van der Waals surface area contributed by atoms with Crippen LogP contribution < -0.4 is 5.32 Å². The molecule has 0 saturated carbocycles. The second-order valence-corrected chi connectivity index (χ2v) is 8.39. The molecule has 0 spiro atoms. The summed E-state index contributed by atoms with van der Waals surface area (Å²) < 4.78 is 26.2. The Morgan fingerprint density at radius 1 is 1.15 bits per heavy atom. The van der Waals surface area contributed by atoms with E-state index in [0.29, 0.717) is 12.8 Å². The Labute approximate surface area is 154 Å². The molecule has 7 nitrogen and oxygen atoms in total. The average Bonchev–Trinajstić information content (AvgIpc) is 2.59. The van der Waals surface area contributed by atoms with Gasteiger partial charge in [-0.1, -0.05) is 38.0 Å². The van der Waals surface area contributed by atoms with Crippen LogP contribution in [-0.2, 0) is 19.4 Å². The van der Waals surface area contributed by atoms with Crippen molar-refractivity contribution in [3.05, 3.63) is 29.8 Å². The minimum Gasteiger partial charge on any atom is -0.480 e. The van der Waals surface area contributed by atoms with E-state index in [2.05, 4.69) is 5.32 Å². The van der Waals surface area contributed by atoms with Gasteiger partial charge in [0.2, 0.25) is 5.91 Å². The van der Waals surface area contributed by atoms with E-state index in [-0.39, 0.29) is 11.3 Å². The number of sulfone groups is 1. The van der Waals surface area contributed by atoms with Gasteiger partial charge >= 0.3 is 5.97 Å². The van der Waals surface area contributed by atoms with E-state index >= 15 is 0 Å². The molecule has 0 heterocycles. The van der Waals surface area contributed by atoms with Crippen LogP contribution >= 0.6 is 0 Å². The number of carbonyl (C=O) groups excluding carboxylic acids is 1. The fraction of sp³-hybridized carbons (Fsp3) is 0.556. The van der Waals surface area contributed by atoms with E-state index in [1.54, 1.807) is 19.1 Å². The van der Waals surface area contributed by atoms with Gasteiger partial charge in [-0.05, 0) is 31.9 Å². The number of aliphatic hydroxyl groups excluding tert-OH is 1. The summed E-state index contributed by atoms with van der Waals surface area (Å²) in [6, 6.07) is 4.91. The lowest BCUT2D eigenvalue weighted by atomic mass is 9.99. The van der Waals surface area contributed by atoms with E-state index < -0.39 is 45.5 Å². The lowest BCUT2D eigenvalue weighted by Crippen LogP contribution is -2.51. The number of carbonyl (C=O) groups is 2. The lowest BCUT2D eigenvalue weighted by molar-refractivity contribution is -0.142. The zero-order valence-electron chi connectivity index (χ0n) is 15.3. The smallest absolute Gasteiger partial charge is 0.326 e. The van der Waals surface area contributed by atoms with Crippen LogP contribution in [0.2, 0.25) is 0 Å².